The average molecular weight is 251 g/mol. The minimum absolute atomic E-state index is 0.0432. The maximum absolute atomic E-state index is 11.9. The molecule has 0 radical (unpaired) electrons. The minimum Gasteiger partial charge on any atom is -0.481 e. The standard InChI is InChI=1S/C13H21N3O2/c1-9(12(17)16-13(2,3)4)15-10-6-7-11(18-5)14-8-10/h6-9,15H,1-5H3,(H,16,17)/t9-/m0/s1. The number of hydrogen-bond donors (Lipinski definition) is 2. The number of ether oxygens (including phenoxy) is 1. The van der Waals surface area contributed by atoms with Crippen molar-refractivity contribution in [2.24, 2.45) is 0 Å². The van der Waals surface area contributed by atoms with E-state index in [0.717, 1.165) is 5.69 Å². The van der Waals surface area contributed by atoms with Crippen molar-refractivity contribution >= 4 is 11.6 Å². The highest BCUT2D eigenvalue weighted by Crippen LogP contribution is 2.12. The van der Waals surface area contributed by atoms with Gasteiger partial charge >= 0.3 is 0 Å². The number of amides is 1. The lowest BCUT2D eigenvalue weighted by atomic mass is 10.1. The number of rotatable bonds is 4. The first-order valence-corrected chi connectivity index (χ1v) is 5.90. The molecule has 0 fully saturated rings. The van der Waals surface area contributed by atoms with Gasteiger partial charge in [0.25, 0.3) is 0 Å². The van der Waals surface area contributed by atoms with Crippen LogP contribution < -0.4 is 15.4 Å². The van der Waals surface area contributed by atoms with E-state index in [0.29, 0.717) is 5.88 Å². The van der Waals surface area contributed by atoms with Crippen molar-refractivity contribution in [2.75, 3.05) is 12.4 Å². The van der Waals surface area contributed by atoms with E-state index in [9.17, 15) is 4.79 Å². The van der Waals surface area contributed by atoms with E-state index in [4.69, 9.17) is 4.74 Å². The molecule has 100 valence electrons. The zero-order chi connectivity index (χ0) is 13.8. The summed E-state index contributed by atoms with van der Waals surface area (Å²) in [6, 6.07) is 3.25. The van der Waals surface area contributed by atoms with Crippen molar-refractivity contribution < 1.29 is 9.53 Å². The monoisotopic (exact) mass is 251 g/mol. The largest absolute Gasteiger partial charge is 0.481 e. The topological polar surface area (TPSA) is 63.2 Å². The Balaban J connectivity index is 2.58. The van der Waals surface area contributed by atoms with Gasteiger partial charge in [-0.1, -0.05) is 0 Å². The van der Waals surface area contributed by atoms with E-state index in [1.165, 1.54) is 0 Å². The van der Waals surface area contributed by atoms with Gasteiger partial charge in [0.1, 0.15) is 6.04 Å². The molecule has 1 aromatic rings. The molecular weight excluding hydrogens is 230 g/mol. The lowest BCUT2D eigenvalue weighted by Gasteiger charge is -2.24. The molecule has 5 heteroatoms. The number of carbonyl (C=O) groups is 1. The van der Waals surface area contributed by atoms with Gasteiger partial charge in [-0.15, -0.1) is 0 Å². The number of anilines is 1. The fourth-order valence-corrected chi connectivity index (χ4v) is 1.38. The molecule has 0 unspecified atom stereocenters. The predicted octanol–water partition coefficient (Wildman–Crippen LogP) is 1.81. The third kappa shape index (κ3) is 4.61. The molecule has 1 heterocycles. The van der Waals surface area contributed by atoms with Gasteiger partial charge in [0.2, 0.25) is 11.8 Å². The van der Waals surface area contributed by atoms with Gasteiger partial charge in [-0.25, -0.2) is 4.98 Å². The quantitative estimate of drug-likeness (QED) is 0.856. The van der Waals surface area contributed by atoms with E-state index in [-0.39, 0.29) is 17.5 Å². The van der Waals surface area contributed by atoms with Gasteiger partial charge in [-0.05, 0) is 33.8 Å². The molecule has 1 atom stereocenters. The van der Waals surface area contributed by atoms with Crippen molar-refractivity contribution in [1.82, 2.24) is 10.3 Å². The molecule has 0 saturated heterocycles. The highest BCUT2D eigenvalue weighted by atomic mass is 16.5. The lowest BCUT2D eigenvalue weighted by Crippen LogP contribution is -2.47. The average Bonchev–Trinajstić information content (AvgIpc) is 2.27. The van der Waals surface area contributed by atoms with Crippen LogP contribution in [0.1, 0.15) is 27.7 Å². The van der Waals surface area contributed by atoms with Crippen LogP contribution in [-0.2, 0) is 4.79 Å². The number of methoxy groups -OCH3 is 1. The number of carbonyl (C=O) groups excluding carboxylic acids is 1. The van der Waals surface area contributed by atoms with E-state index < -0.39 is 0 Å². The second-order valence-electron chi connectivity index (χ2n) is 5.19. The Bertz CT molecular complexity index is 396. The van der Waals surface area contributed by atoms with E-state index in [1.807, 2.05) is 33.8 Å². The van der Waals surface area contributed by atoms with Crippen LogP contribution in [-0.4, -0.2) is 29.6 Å². The maximum atomic E-state index is 11.9. The van der Waals surface area contributed by atoms with Gasteiger partial charge in [0.05, 0.1) is 19.0 Å². The third-order valence-electron chi connectivity index (χ3n) is 2.22. The van der Waals surface area contributed by atoms with Gasteiger partial charge in [0, 0.05) is 11.6 Å². The van der Waals surface area contributed by atoms with Crippen molar-refractivity contribution in [2.45, 2.75) is 39.3 Å². The molecule has 0 aliphatic rings. The first kappa shape index (κ1) is 14.3. The molecular formula is C13H21N3O2. The minimum atomic E-state index is -0.320. The lowest BCUT2D eigenvalue weighted by molar-refractivity contribution is -0.122. The summed E-state index contributed by atoms with van der Waals surface area (Å²) in [7, 11) is 1.56. The van der Waals surface area contributed by atoms with Gasteiger partial charge < -0.3 is 15.4 Å². The fourth-order valence-electron chi connectivity index (χ4n) is 1.38. The first-order valence-electron chi connectivity index (χ1n) is 5.90. The highest BCUT2D eigenvalue weighted by molar-refractivity contribution is 5.84. The highest BCUT2D eigenvalue weighted by Gasteiger charge is 2.18. The Morgan fingerprint density at radius 1 is 1.39 bits per heavy atom. The van der Waals surface area contributed by atoms with E-state index >= 15 is 0 Å². The molecule has 1 rings (SSSR count). The Labute approximate surface area is 108 Å². The predicted molar refractivity (Wildman–Crippen MR) is 71.8 cm³/mol. The van der Waals surface area contributed by atoms with Crippen molar-refractivity contribution in [3.05, 3.63) is 18.3 Å². The zero-order valence-corrected chi connectivity index (χ0v) is 11.6. The Morgan fingerprint density at radius 3 is 2.50 bits per heavy atom. The summed E-state index contributed by atoms with van der Waals surface area (Å²) in [5.41, 5.74) is 0.554. The van der Waals surface area contributed by atoms with Crippen LogP contribution >= 0.6 is 0 Å². The zero-order valence-electron chi connectivity index (χ0n) is 11.6. The molecule has 1 aromatic heterocycles. The number of hydrogen-bond acceptors (Lipinski definition) is 4. The second kappa shape index (κ2) is 5.71. The molecule has 0 aliphatic heterocycles. The van der Waals surface area contributed by atoms with Crippen LogP contribution in [0.3, 0.4) is 0 Å². The van der Waals surface area contributed by atoms with Crippen molar-refractivity contribution in [3.8, 4) is 5.88 Å². The summed E-state index contributed by atoms with van der Waals surface area (Å²) in [5.74, 6) is 0.505. The van der Waals surface area contributed by atoms with Crippen LogP contribution in [0, 0.1) is 0 Å². The summed E-state index contributed by atoms with van der Waals surface area (Å²) in [4.78, 5) is 15.9. The molecule has 0 aliphatic carbocycles. The number of aromatic nitrogens is 1. The molecule has 2 N–H and O–H groups in total. The number of pyridine rings is 1. The van der Waals surface area contributed by atoms with Gasteiger partial charge in [-0.2, -0.15) is 0 Å². The molecule has 0 saturated carbocycles. The normalized spacial score (nSPS) is 12.7. The van der Waals surface area contributed by atoms with E-state index in [2.05, 4.69) is 15.6 Å². The summed E-state index contributed by atoms with van der Waals surface area (Å²) in [6.45, 7) is 7.66. The molecule has 5 nitrogen and oxygen atoms in total. The SMILES string of the molecule is COc1ccc(N[C@@H](C)C(=O)NC(C)(C)C)cn1. The van der Waals surface area contributed by atoms with Crippen LogP contribution in [0.25, 0.3) is 0 Å². The summed E-state index contributed by atoms with van der Waals surface area (Å²) in [6.07, 6.45) is 1.64. The van der Waals surface area contributed by atoms with E-state index in [1.54, 1.807) is 19.4 Å². The molecule has 0 spiro atoms. The third-order valence-corrected chi connectivity index (χ3v) is 2.22. The molecule has 18 heavy (non-hydrogen) atoms. The van der Waals surface area contributed by atoms with Crippen LogP contribution in [0.2, 0.25) is 0 Å². The molecule has 1 amide bonds. The summed E-state index contributed by atoms with van der Waals surface area (Å²) in [5, 5.41) is 6.00. The molecule has 0 aromatic carbocycles. The Hall–Kier alpha value is -1.78. The van der Waals surface area contributed by atoms with Crippen LogP contribution in [0.4, 0.5) is 5.69 Å². The maximum Gasteiger partial charge on any atom is 0.242 e. The second-order valence-corrected chi connectivity index (χ2v) is 5.19. The van der Waals surface area contributed by atoms with Gasteiger partial charge in [-0.3, -0.25) is 4.79 Å². The Morgan fingerprint density at radius 2 is 2.06 bits per heavy atom. The smallest absolute Gasteiger partial charge is 0.242 e. The van der Waals surface area contributed by atoms with Crippen molar-refractivity contribution in [1.29, 1.82) is 0 Å². The molecule has 0 bridgehead atoms. The number of nitrogens with one attached hydrogen (secondary N) is 2. The first-order chi connectivity index (χ1) is 8.31. The number of nitrogens with zero attached hydrogens (tertiary/aromatic N) is 1. The van der Waals surface area contributed by atoms with Gasteiger partial charge in [0.15, 0.2) is 0 Å². The van der Waals surface area contributed by atoms with Crippen LogP contribution in [0.15, 0.2) is 18.3 Å². The Kier molecular flexibility index (Phi) is 4.53. The van der Waals surface area contributed by atoms with Crippen molar-refractivity contribution in [3.63, 3.8) is 0 Å². The summed E-state index contributed by atoms with van der Waals surface area (Å²) >= 11 is 0. The summed E-state index contributed by atoms with van der Waals surface area (Å²) < 4.78 is 4.97. The van der Waals surface area contributed by atoms with Crippen LogP contribution in [0.5, 0.6) is 5.88 Å². The fraction of sp³-hybridized carbons (Fsp3) is 0.538.